The molecule has 7 heteroatoms. The Balaban J connectivity index is 2.77. The Hall–Kier alpha value is -1.37. The molecule has 2 heterocycles. The molecule has 0 atom stereocenters. The Morgan fingerprint density at radius 2 is 2.14 bits per heavy atom. The maximum Gasteiger partial charge on any atom is 0.433 e. The molecule has 3 nitrogen and oxygen atoms in total. The fourth-order valence-corrected chi connectivity index (χ4v) is 1.33. The van der Waals surface area contributed by atoms with E-state index < -0.39 is 11.9 Å². The summed E-state index contributed by atoms with van der Waals surface area (Å²) in [6, 6.07) is 2.24. The van der Waals surface area contributed by atoms with Gasteiger partial charge >= 0.3 is 6.18 Å². The molecular formula is C7H4F3N3S. The number of aromatic amines is 1. The second kappa shape index (κ2) is 2.81. The topological polar surface area (TPSA) is 33.1 Å². The Labute approximate surface area is 81.2 Å². The normalized spacial score (nSPS) is 12.2. The van der Waals surface area contributed by atoms with Gasteiger partial charge in [-0.15, -0.1) is 0 Å². The van der Waals surface area contributed by atoms with E-state index in [9.17, 15) is 13.2 Å². The van der Waals surface area contributed by atoms with Gasteiger partial charge in [-0.1, -0.05) is 12.2 Å². The number of hydrogen-bond acceptors (Lipinski definition) is 2. The van der Waals surface area contributed by atoms with E-state index in [4.69, 9.17) is 12.2 Å². The van der Waals surface area contributed by atoms with Gasteiger partial charge in [-0.2, -0.15) is 13.2 Å². The lowest BCUT2D eigenvalue weighted by molar-refractivity contribution is -0.141. The van der Waals surface area contributed by atoms with Crippen LogP contribution in [0.5, 0.6) is 0 Å². The molecule has 0 radical (unpaired) electrons. The van der Waals surface area contributed by atoms with E-state index in [2.05, 4.69) is 10.1 Å². The van der Waals surface area contributed by atoms with Crippen molar-refractivity contribution in [3.8, 4) is 0 Å². The highest BCUT2D eigenvalue weighted by Gasteiger charge is 2.33. The van der Waals surface area contributed by atoms with Gasteiger partial charge in [0.05, 0.1) is 0 Å². The van der Waals surface area contributed by atoms with Crippen molar-refractivity contribution in [3.05, 3.63) is 28.7 Å². The number of halogens is 3. The van der Waals surface area contributed by atoms with Gasteiger partial charge in [0, 0.05) is 18.3 Å². The Bertz CT molecular complexity index is 525. The summed E-state index contributed by atoms with van der Waals surface area (Å²) in [6.45, 7) is 0. The molecule has 0 aliphatic rings. The van der Waals surface area contributed by atoms with Crippen LogP contribution in [-0.4, -0.2) is 14.6 Å². The molecular weight excluding hydrogens is 215 g/mol. The van der Waals surface area contributed by atoms with Crippen molar-refractivity contribution in [2.24, 2.45) is 0 Å². The molecule has 0 aromatic carbocycles. The average molecular weight is 219 g/mol. The summed E-state index contributed by atoms with van der Waals surface area (Å²) in [5.74, 6) is 0. The van der Waals surface area contributed by atoms with Crippen LogP contribution in [0.15, 0.2) is 18.3 Å². The zero-order valence-electron chi connectivity index (χ0n) is 6.67. The number of nitrogens with one attached hydrogen (secondary N) is 1. The van der Waals surface area contributed by atoms with Gasteiger partial charge in [0.2, 0.25) is 0 Å². The van der Waals surface area contributed by atoms with E-state index in [1.165, 1.54) is 16.8 Å². The minimum Gasteiger partial charge on any atom is -0.299 e. The van der Waals surface area contributed by atoms with Crippen LogP contribution in [0.2, 0.25) is 0 Å². The summed E-state index contributed by atoms with van der Waals surface area (Å²) >= 11 is 4.76. The molecule has 0 unspecified atom stereocenters. The maximum atomic E-state index is 12.3. The standard InChI is InChI=1S/C7H4F3N3S/c8-7(9,10)4-3-6(14)13-5(12-4)1-2-11-13/h1-3,11H. The first-order chi connectivity index (χ1) is 6.48. The maximum absolute atomic E-state index is 12.3. The molecule has 1 N–H and O–H groups in total. The quantitative estimate of drug-likeness (QED) is 0.690. The Morgan fingerprint density at radius 1 is 1.43 bits per heavy atom. The molecule has 0 fully saturated rings. The summed E-state index contributed by atoms with van der Waals surface area (Å²) in [6.07, 6.45) is -2.99. The number of rotatable bonds is 0. The lowest BCUT2D eigenvalue weighted by Gasteiger charge is -2.05. The van der Waals surface area contributed by atoms with Crippen molar-refractivity contribution in [2.45, 2.75) is 6.18 Å². The SMILES string of the molecule is FC(F)(F)c1cc(=S)n2[nH]ccc2n1. The first-order valence-corrected chi connectivity index (χ1v) is 4.04. The fraction of sp³-hybridized carbons (Fsp3) is 0.143. The molecule has 0 saturated carbocycles. The third kappa shape index (κ3) is 1.39. The zero-order chi connectivity index (χ0) is 10.3. The van der Waals surface area contributed by atoms with Crippen LogP contribution >= 0.6 is 12.2 Å². The van der Waals surface area contributed by atoms with Crippen LogP contribution < -0.4 is 0 Å². The molecule has 0 spiro atoms. The Kier molecular flexibility index (Phi) is 1.84. The molecule has 0 saturated heterocycles. The number of aromatic nitrogens is 3. The van der Waals surface area contributed by atoms with E-state index in [1.807, 2.05) is 0 Å². The number of hydrogen-bond donors (Lipinski definition) is 1. The van der Waals surface area contributed by atoms with Gasteiger partial charge < -0.3 is 0 Å². The third-order valence-corrected chi connectivity index (χ3v) is 1.97. The van der Waals surface area contributed by atoms with E-state index >= 15 is 0 Å². The predicted octanol–water partition coefficient (Wildman–Crippen LogP) is 2.41. The van der Waals surface area contributed by atoms with Crippen molar-refractivity contribution in [1.82, 2.24) is 14.6 Å². The highest BCUT2D eigenvalue weighted by molar-refractivity contribution is 7.71. The summed E-state index contributed by atoms with van der Waals surface area (Å²) in [7, 11) is 0. The highest BCUT2D eigenvalue weighted by atomic mass is 32.1. The van der Waals surface area contributed by atoms with Crippen molar-refractivity contribution in [2.75, 3.05) is 0 Å². The molecule has 2 aromatic rings. The molecule has 2 rings (SSSR count). The van der Waals surface area contributed by atoms with Gasteiger partial charge in [0.1, 0.15) is 10.3 Å². The zero-order valence-corrected chi connectivity index (χ0v) is 7.49. The first-order valence-electron chi connectivity index (χ1n) is 3.63. The highest BCUT2D eigenvalue weighted by Crippen LogP contribution is 2.27. The van der Waals surface area contributed by atoms with E-state index in [-0.39, 0.29) is 10.3 Å². The van der Waals surface area contributed by atoms with Crippen molar-refractivity contribution >= 4 is 17.9 Å². The summed E-state index contributed by atoms with van der Waals surface area (Å²) in [5, 5.41) is 2.65. The molecule has 14 heavy (non-hydrogen) atoms. The average Bonchev–Trinajstić information content (AvgIpc) is 2.50. The second-order valence-electron chi connectivity index (χ2n) is 2.63. The van der Waals surface area contributed by atoms with Gasteiger partial charge in [0.15, 0.2) is 5.65 Å². The van der Waals surface area contributed by atoms with Crippen molar-refractivity contribution in [1.29, 1.82) is 0 Å². The second-order valence-corrected chi connectivity index (χ2v) is 3.05. The van der Waals surface area contributed by atoms with Gasteiger partial charge in [-0.25, -0.2) is 9.50 Å². The number of nitrogens with zero attached hydrogens (tertiary/aromatic N) is 2. The lowest BCUT2D eigenvalue weighted by atomic mass is 10.4. The van der Waals surface area contributed by atoms with E-state index in [0.717, 1.165) is 6.07 Å². The van der Waals surface area contributed by atoms with Crippen LogP contribution in [0.3, 0.4) is 0 Å². The van der Waals surface area contributed by atoms with Crippen LogP contribution in [0.25, 0.3) is 5.65 Å². The minimum absolute atomic E-state index is 0.0484. The number of H-pyrrole nitrogens is 1. The van der Waals surface area contributed by atoms with Crippen LogP contribution in [0, 0.1) is 4.64 Å². The molecule has 74 valence electrons. The first kappa shape index (κ1) is 9.20. The summed E-state index contributed by atoms with van der Waals surface area (Å²) < 4.78 is 38.2. The lowest BCUT2D eigenvalue weighted by Crippen LogP contribution is -2.09. The molecule has 0 bridgehead atoms. The largest absolute Gasteiger partial charge is 0.433 e. The van der Waals surface area contributed by atoms with Gasteiger partial charge in [-0.05, 0) is 0 Å². The van der Waals surface area contributed by atoms with Crippen LogP contribution in [0.4, 0.5) is 13.2 Å². The van der Waals surface area contributed by atoms with Gasteiger partial charge in [-0.3, -0.25) is 5.10 Å². The fourth-order valence-electron chi connectivity index (χ4n) is 1.07. The van der Waals surface area contributed by atoms with Gasteiger partial charge in [0.25, 0.3) is 0 Å². The van der Waals surface area contributed by atoms with Crippen molar-refractivity contribution < 1.29 is 13.2 Å². The number of fused-ring (bicyclic) bond motifs is 1. The summed E-state index contributed by atoms with van der Waals surface area (Å²) in [5.41, 5.74) is -0.813. The third-order valence-electron chi connectivity index (χ3n) is 1.67. The minimum atomic E-state index is -4.46. The van der Waals surface area contributed by atoms with Crippen LogP contribution in [-0.2, 0) is 6.18 Å². The van der Waals surface area contributed by atoms with E-state index in [0.29, 0.717) is 0 Å². The summed E-state index contributed by atoms with van der Waals surface area (Å²) in [4.78, 5) is 3.41. The van der Waals surface area contributed by atoms with Crippen LogP contribution in [0.1, 0.15) is 5.69 Å². The predicted molar refractivity (Wildman–Crippen MR) is 45.4 cm³/mol. The molecule has 0 aliphatic carbocycles. The van der Waals surface area contributed by atoms with Crippen molar-refractivity contribution in [3.63, 3.8) is 0 Å². The van der Waals surface area contributed by atoms with E-state index in [1.54, 1.807) is 0 Å². The monoisotopic (exact) mass is 219 g/mol. The molecule has 0 amide bonds. The smallest absolute Gasteiger partial charge is 0.299 e. The molecule has 0 aliphatic heterocycles. The molecule has 2 aromatic heterocycles. The Morgan fingerprint density at radius 3 is 2.79 bits per heavy atom. The number of alkyl halides is 3.